The molecule has 0 saturated carbocycles. The van der Waals surface area contributed by atoms with E-state index in [9.17, 15) is 19.2 Å². The van der Waals surface area contributed by atoms with Crippen molar-refractivity contribution in [1.82, 2.24) is 0 Å². The van der Waals surface area contributed by atoms with E-state index in [2.05, 4.69) is 0 Å². The van der Waals surface area contributed by atoms with Crippen LogP contribution in [0.2, 0.25) is 0 Å². The Hall–Kier alpha value is -2.20. The summed E-state index contributed by atoms with van der Waals surface area (Å²) in [7, 11) is 0. The van der Waals surface area contributed by atoms with Crippen molar-refractivity contribution in [2.45, 2.75) is 58.3 Å². The Bertz CT molecular complexity index is 490. The molecule has 10 nitrogen and oxygen atoms in total. The normalized spacial score (nSPS) is 29.3. The molecule has 0 aromatic rings. The van der Waals surface area contributed by atoms with Crippen molar-refractivity contribution in [1.29, 1.82) is 0 Å². The topological polar surface area (TPSA) is 140 Å². The Morgan fingerprint density at radius 2 is 1.33 bits per heavy atom. The van der Waals surface area contributed by atoms with E-state index >= 15 is 0 Å². The van der Waals surface area contributed by atoms with Gasteiger partial charge in [0, 0.05) is 27.7 Å². The molecule has 0 aliphatic carbocycles. The highest BCUT2D eigenvalue weighted by atomic mass is 16.7. The molecule has 1 aliphatic rings. The van der Waals surface area contributed by atoms with Crippen molar-refractivity contribution >= 4 is 23.9 Å². The largest absolute Gasteiger partial charge is 0.463 e. The van der Waals surface area contributed by atoms with E-state index in [1.807, 2.05) is 0 Å². The summed E-state index contributed by atoms with van der Waals surface area (Å²) in [5.41, 5.74) is 5.93. The van der Waals surface area contributed by atoms with Gasteiger partial charge in [-0.05, 0) is 0 Å². The SMILES string of the molecule is CC(=O)OC[C@H]1O[C@@H](OC(C)=O)[C@H](N)[C@@H](OC(C)=O)[C@H]1OC(C)=O. The second-order valence-electron chi connectivity index (χ2n) is 5.18. The first-order chi connectivity index (χ1) is 11.1. The van der Waals surface area contributed by atoms with Crippen LogP contribution in [0.3, 0.4) is 0 Å². The molecule has 1 aliphatic heterocycles. The van der Waals surface area contributed by atoms with Gasteiger partial charge in [0.15, 0.2) is 12.2 Å². The average Bonchev–Trinajstić information content (AvgIpc) is 2.42. The predicted molar refractivity (Wildman–Crippen MR) is 76.1 cm³/mol. The Labute approximate surface area is 138 Å². The first-order valence-corrected chi connectivity index (χ1v) is 7.18. The number of hydrogen-bond acceptors (Lipinski definition) is 10. The minimum atomic E-state index is -1.26. The minimum Gasteiger partial charge on any atom is -0.463 e. The third-order valence-corrected chi connectivity index (χ3v) is 3.03. The minimum absolute atomic E-state index is 0.310. The van der Waals surface area contributed by atoms with Crippen LogP contribution >= 0.6 is 0 Å². The van der Waals surface area contributed by atoms with Gasteiger partial charge in [-0.1, -0.05) is 0 Å². The van der Waals surface area contributed by atoms with E-state index in [0.717, 1.165) is 20.8 Å². The summed E-state index contributed by atoms with van der Waals surface area (Å²) in [6, 6.07) is -1.10. The maximum atomic E-state index is 11.3. The number of esters is 4. The molecule has 10 heteroatoms. The second-order valence-corrected chi connectivity index (χ2v) is 5.18. The van der Waals surface area contributed by atoms with Gasteiger partial charge in [0.2, 0.25) is 6.29 Å². The van der Waals surface area contributed by atoms with E-state index < -0.39 is 54.5 Å². The zero-order chi connectivity index (χ0) is 18.4. The highest BCUT2D eigenvalue weighted by Gasteiger charge is 2.50. The lowest BCUT2D eigenvalue weighted by Gasteiger charge is -2.42. The zero-order valence-corrected chi connectivity index (χ0v) is 13.8. The summed E-state index contributed by atoms with van der Waals surface area (Å²) in [6.07, 6.45) is -4.58. The lowest BCUT2D eigenvalue weighted by Crippen LogP contribution is -2.65. The van der Waals surface area contributed by atoms with Crippen molar-refractivity contribution < 1.29 is 42.9 Å². The van der Waals surface area contributed by atoms with Crippen molar-refractivity contribution in [3.05, 3.63) is 0 Å². The van der Waals surface area contributed by atoms with Crippen LogP contribution in [0.15, 0.2) is 0 Å². The first-order valence-electron chi connectivity index (χ1n) is 7.18. The van der Waals surface area contributed by atoms with Crippen LogP contribution in [0.5, 0.6) is 0 Å². The monoisotopic (exact) mass is 347 g/mol. The molecule has 0 unspecified atom stereocenters. The fourth-order valence-electron chi connectivity index (χ4n) is 2.20. The average molecular weight is 347 g/mol. The molecule has 1 fully saturated rings. The Kier molecular flexibility index (Phi) is 7.11. The van der Waals surface area contributed by atoms with Crippen LogP contribution in [0.4, 0.5) is 0 Å². The number of nitrogens with two attached hydrogens (primary N) is 1. The zero-order valence-electron chi connectivity index (χ0n) is 13.8. The van der Waals surface area contributed by atoms with Crippen LogP contribution in [-0.2, 0) is 42.9 Å². The van der Waals surface area contributed by atoms with Gasteiger partial charge in [0.25, 0.3) is 0 Å². The van der Waals surface area contributed by atoms with Gasteiger partial charge in [-0.25, -0.2) is 0 Å². The van der Waals surface area contributed by atoms with Crippen molar-refractivity contribution in [2.24, 2.45) is 5.73 Å². The van der Waals surface area contributed by atoms with Gasteiger partial charge in [0.1, 0.15) is 18.8 Å². The summed E-state index contributed by atoms with van der Waals surface area (Å²) < 4.78 is 25.5. The van der Waals surface area contributed by atoms with Crippen LogP contribution in [0.1, 0.15) is 27.7 Å². The van der Waals surface area contributed by atoms with Crippen LogP contribution in [0.25, 0.3) is 0 Å². The van der Waals surface area contributed by atoms with Crippen LogP contribution in [-0.4, -0.2) is 61.1 Å². The molecule has 0 radical (unpaired) electrons. The predicted octanol–water partition coefficient (Wildman–Crippen LogP) is -0.972. The maximum Gasteiger partial charge on any atom is 0.304 e. The molecule has 0 bridgehead atoms. The van der Waals surface area contributed by atoms with Crippen LogP contribution < -0.4 is 5.73 Å². The van der Waals surface area contributed by atoms with Gasteiger partial charge in [0.05, 0.1) is 0 Å². The lowest BCUT2D eigenvalue weighted by atomic mass is 9.97. The molecular formula is C14H21NO9. The summed E-state index contributed by atoms with van der Waals surface area (Å²) in [4.78, 5) is 44.9. The van der Waals surface area contributed by atoms with Gasteiger partial charge in [-0.15, -0.1) is 0 Å². The lowest BCUT2D eigenvalue weighted by molar-refractivity contribution is -0.267. The molecule has 0 spiro atoms. The smallest absolute Gasteiger partial charge is 0.304 e. The number of carbonyl (C=O) groups excluding carboxylic acids is 4. The number of hydrogen-bond donors (Lipinski definition) is 1. The molecule has 0 aromatic carbocycles. The fourth-order valence-corrected chi connectivity index (χ4v) is 2.20. The highest BCUT2D eigenvalue weighted by molar-refractivity contribution is 5.68. The van der Waals surface area contributed by atoms with E-state index in [0.29, 0.717) is 0 Å². The summed E-state index contributed by atoms with van der Waals surface area (Å²) in [5, 5.41) is 0. The molecule has 136 valence electrons. The molecule has 2 N–H and O–H groups in total. The molecule has 5 atom stereocenters. The van der Waals surface area contributed by atoms with Gasteiger partial charge >= 0.3 is 23.9 Å². The quantitative estimate of drug-likeness (QED) is 0.487. The maximum absolute atomic E-state index is 11.3. The Balaban J connectivity index is 3.08. The Morgan fingerprint density at radius 3 is 1.79 bits per heavy atom. The van der Waals surface area contributed by atoms with Crippen LogP contribution in [0, 0.1) is 0 Å². The second kappa shape index (κ2) is 8.60. The molecule has 0 amide bonds. The standard InChI is InChI=1S/C14H21NO9/c1-6(16)20-5-10-12(21-7(2)17)13(22-8(3)18)11(15)14(24-10)23-9(4)19/h10-14H,5,15H2,1-4H3/t10-,11-,12+,13-,14-/m1/s1. The van der Waals surface area contributed by atoms with Crippen molar-refractivity contribution in [2.75, 3.05) is 6.61 Å². The first kappa shape index (κ1) is 19.8. The van der Waals surface area contributed by atoms with Crippen molar-refractivity contribution in [3.63, 3.8) is 0 Å². The van der Waals surface area contributed by atoms with E-state index in [-0.39, 0.29) is 6.61 Å². The summed E-state index contributed by atoms with van der Waals surface area (Å²) >= 11 is 0. The molecule has 24 heavy (non-hydrogen) atoms. The molecule has 1 rings (SSSR count). The number of carbonyl (C=O) groups is 4. The van der Waals surface area contributed by atoms with E-state index in [1.54, 1.807) is 0 Å². The fraction of sp³-hybridized carbons (Fsp3) is 0.714. The molecular weight excluding hydrogens is 326 g/mol. The number of rotatable bonds is 5. The van der Waals surface area contributed by atoms with E-state index in [4.69, 9.17) is 29.4 Å². The molecule has 1 heterocycles. The highest BCUT2D eigenvalue weighted by Crippen LogP contribution is 2.26. The van der Waals surface area contributed by atoms with Gasteiger partial charge in [-0.2, -0.15) is 0 Å². The van der Waals surface area contributed by atoms with Gasteiger partial charge < -0.3 is 29.4 Å². The van der Waals surface area contributed by atoms with E-state index in [1.165, 1.54) is 6.92 Å². The third-order valence-electron chi connectivity index (χ3n) is 3.03. The summed E-state index contributed by atoms with van der Waals surface area (Å²) in [6.45, 7) is 4.32. The van der Waals surface area contributed by atoms with Crippen molar-refractivity contribution in [3.8, 4) is 0 Å². The third kappa shape index (κ3) is 5.78. The number of ether oxygens (including phenoxy) is 5. The molecule has 1 saturated heterocycles. The van der Waals surface area contributed by atoms with Gasteiger partial charge in [-0.3, -0.25) is 19.2 Å². The Morgan fingerprint density at radius 1 is 0.833 bits per heavy atom. The molecule has 0 aromatic heterocycles. The summed E-state index contributed by atoms with van der Waals surface area (Å²) in [5.74, 6) is -2.62.